The summed E-state index contributed by atoms with van der Waals surface area (Å²) in [6.07, 6.45) is -1.52. The number of para-hydroxylation sites is 1. The molecule has 0 radical (unpaired) electrons. The number of ether oxygens (including phenoxy) is 1. The van der Waals surface area contributed by atoms with Crippen molar-refractivity contribution in [3.8, 4) is 0 Å². The number of nitrogens with zero attached hydrogens (tertiary/aromatic N) is 2. The van der Waals surface area contributed by atoms with Crippen LogP contribution in [0.3, 0.4) is 0 Å². The number of fused-ring (bicyclic) bond motifs is 1. The molecule has 0 saturated carbocycles. The molecule has 3 aromatic rings. The van der Waals surface area contributed by atoms with Crippen molar-refractivity contribution >= 4 is 52.3 Å². The lowest BCUT2D eigenvalue weighted by molar-refractivity contribution is -0.124. The second kappa shape index (κ2) is 10.3. The van der Waals surface area contributed by atoms with E-state index in [9.17, 15) is 28.0 Å². The third-order valence-corrected chi connectivity index (χ3v) is 6.15. The SMILES string of the molecule is NC(=O)n1cc(NC(=O)N2C[C@@H](OC(=O)O)C[C@H]2C(=O)NCc2c(F)ccc(Cl)c2F)c2ccccc21. The minimum Gasteiger partial charge on any atom is -0.450 e. The molecule has 1 fully saturated rings. The number of benzene rings is 2. The van der Waals surface area contributed by atoms with Crippen molar-refractivity contribution in [2.24, 2.45) is 5.73 Å². The molecule has 4 amide bonds. The first kappa shape index (κ1) is 25.7. The van der Waals surface area contributed by atoms with Crippen LogP contribution in [-0.4, -0.2) is 57.4 Å². The quantitative estimate of drug-likeness (QED) is 0.289. The summed E-state index contributed by atoms with van der Waals surface area (Å²) in [4.78, 5) is 50.0. The Morgan fingerprint density at radius 3 is 2.59 bits per heavy atom. The molecule has 1 aliphatic rings. The normalized spacial score (nSPS) is 17.0. The molecule has 2 heterocycles. The van der Waals surface area contributed by atoms with E-state index in [1.54, 1.807) is 24.3 Å². The molecule has 1 aromatic heterocycles. The predicted octanol–water partition coefficient (Wildman–Crippen LogP) is 3.49. The number of hydrogen-bond donors (Lipinski definition) is 4. The van der Waals surface area contributed by atoms with Gasteiger partial charge in [-0.25, -0.2) is 23.2 Å². The Kier molecular flexibility index (Phi) is 7.16. The largest absolute Gasteiger partial charge is 0.506 e. The number of carboxylic acid groups (broad SMARTS) is 1. The zero-order valence-electron chi connectivity index (χ0n) is 18.9. The van der Waals surface area contributed by atoms with Crippen molar-refractivity contribution in [2.75, 3.05) is 11.9 Å². The Hall–Kier alpha value is -4.39. The monoisotopic (exact) mass is 535 g/mol. The fraction of sp³-hybridized carbons (Fsp3) is 0.217. The maximum atomic E-state index is 14.2. The number of likely N-dealkylation sites (tertiary alicyclic amines) is 1. The van der Waals surface area contributed by atoms with E-state index < -0.39 is 60.0 Å². The fourth-order valence-corrected chi connectivity index (χ4v) is 4.35. The van der Waals surface area contributed by atoms with Crippen molar-refractivity contribution in [3.05, 3.63) is 64.8 Å². The molecular formula is C23H20ClF2N5O6. The van der Waals surface area contributed by atoms with E-state index in [0.717, 1.165) is 21.6 Å². The summed E-state index contributed by atoms with van der Waals surface area (Å²) < 4.78 is 34.1. The Morgan fingerprint density at radius 2 is 1.89 bits per heavy atom. The lowest BCUT2D eigenvalue weighted by Gasteiger charge is -2.24. The standard InChI is InChI=1S/C23H20ClF2N5O6/c24-14-5-6-15(25)13(19(14)26)8-28-20(32)18-7-11(37-23(35)36)9-31(18)22(34)29-16-10-30(21(27)33)17-4-2-1-3-12(16)17/h1-6,10-11,18H,7-9H2,(H2,27,33)(H,28,32)(H,29,34)(H,35,36)/t11-,18-/m0/s1. The number of nitrogens with one attached hydrogen (secondary N) is 2. The Balaban J connectivity index is 1.56. The average molecular weight is 536 g/mol. The van der Waals surface area contributed by atoms with Crippen LogP contribution in [0.15, 0.2) is 42.6 Å². The number of carbonyl (C=O) groups is 4. The first-order valence-corrected chi connectivity index (χ1v) is 11.2. The second-order valence-corrected chi connectivity index (χ2v) is 8.55. The average Bonchev–Trinajstić information content (AvgIpc) is 3.43. The predicted molar refractivity (Wildman–Crippen MR) is 127 cm³/mol. The van der Waals surface area contributed by atoms with Crippen molar-refractivity contribution in [1.82, 2.24) is 14.8 Å². The summed E-state index contributed by atoms with van der Waals surface area (Å²) in [5.74, 6) is -2.77. The number of anilines is 1. The van der Waals surface area contributed by atoms with Gasteiger partial charge in [0.25, 0.3) is 0 Å². The third kappa shape index (κ3) is 5.26. The van der Waals surface area contributed by atoms with Crippen LogP contribution in [0.5, 0.6) is 0 Å². The second-order valence-electron chi connectivity index (χ2n) is 8.15. The number of aromatic nitrogens is 1. The van der Waals surface area contributed by atoms with Gasteiger partial charge in [0.1, 0.15) is 23.8 Å². The number of hydrogen-bond acceptors (Lipinski definition) is 5. The van der Waals surface area contributed by atoms with Crippen LogP contribution in [0.2, 0.25) is 5.02 Å². The first-order valence-electron chi connectivity index (χ1n) is 10.8. The maximum absolute atomic E-state index is 14.2. The Morgan fingerprint density at radius 1 is 1.16 bits per heavy atom. The van der Waals surface area contributed by atoms with E-state index >= 15 is 0 Å². The van der Waals surface area contributed by atoms with E-state index in [1.165, 1.54) is 6.20 Å². The van der Waals surface area contributed by atoms with Gasteiger partial charge in [-0.15, -0.1) is 0 Å². The first-order chi connectivity index (χ1) is 17.6. The molecular weight excluding hydrogens is 516 g/mol. The van der Waals surface area contributed by atoms with E-state index in [1.807, 2.05) is 0 Å². The van der Waals surface area contributed by atoms with Crippen LogP contribution in [0.25, 0.3) is 10.9 Å². The van der Waals surface area contributed by atoms with Crippen LogP contribution < -0.4 is 16.4 Å². The summed E-state index contributed by atoms with van der Waals surface area (Å²) in [5, 5.41) is 14.1. The highest BCUT2D eigenvalue weighted by atomic mass is 35.5. The van der Waals surface area contributed by atoms with E-state index in [4.69, 9.17) is 27.2 Å². The summed E-state index contributed by atoms with van der Waals surface area (Å²) in [7, 11) is 0. The van der Waals surface area contributed by atoms with Gasteiger partial charge in [-0.1, -0.05) is 29.8 Å². The van der Waals surface area contributed by atoms with E-state index in [2.05, 4.69) is 10.6 Å². The molecule has 0 unspecified atom stereocenters. The smallest absolute Gasteiger partial charge is 0.450 e. The van der Waals surface area contributed by atoms with Gasteiger partial charge in [-0.05, 0) is 18.2 Å². The molecule has 2 atom stereocenters. The number of nitrogens with two attached hydrogens (primary N) is 1. The van der Waals surface area contributed by atoms with Gasteiger partial charge in [0.05, 0.1) is 22.8 Å². The number of carbonyl (C=O) groups excluding carboxylic acids is 3. The van der Waals surface area contributed by atoms with Gasteiger partial charge < -0.3 is 31.1 Å². The molecule has 0 spiro atoms. The summed E-state index contributed by atoms with van der Waals surface area (Å²) in [6.45, 7) is -0.843. The molecule has 14 heteroatoms. The molecule has 0 bridgehead atoms. The highest BCUT2D eigenvalue weighted by Crippen LogP contribution is 2.28. The van der Waals surface area contributed by atoms with Crippen LogP contribution in [0, 0.1) is 11.6 Å². The van der Waals surface area contributed by atoms with Gasteiger partial charge in [0.15, 0.2) is 0 Å². The molecule has 0 aliphatic carbocycles. The van der Waals surface area contributed by atoms with Gasteiger partial charge in [-0.3, -0.25) is 9.36 Å². The summed E-state index contributed by atoms with van der Waals surface area (Å²) in [6, 6.07) is 5.77. The molecule has 37 heavy (non-hydrogen) atoms. The van der Waals surface area contributed by atoms with Gasteiger partial charge in [0, 0.05) is 30.1 Å². The fourth-order valence-electron chi connectivity index (χ4n) is 4.17. The van der Waals surface area contributed by atoms with Gasteiger partial charge in [0.2, 0.25) is 5.91 Å². The number of primary amides is 1. The Labute approximate surface area is 212 Å². The zero-order chi connectivity index (χ0) is 26.9. The van der Waals surface area contributed by atoms with Crippen molar-refractivity contribution in [3.63, 3.8) is 0 Å². The lowest BCUT2D eigenvalue weighted by atomic mass is 10.1. The van der Waals surface area contributed by atoms with Crippen molar-refractivity contribution in [1.29, 1.82) is 0 Å². The number of urea groups is 1. The molecule has 1 aliphatic heterocycles. The molecule has 4 rings (SSSR count). The van der Waals surface area contributed by atoms with Gasteiger partial charge in [-0.2, -0.15) is 0 Å². The van der Waals surface area contributed by atoms with Crippen molar-refractivity contribution < 1.29 is 37.8 Å². The number of halogens is 3. The highest BCUT2D eigenvalue weighted by molar-refractivity contribution is 6.30. The van der Waals surface area contributed by atoms with Crippen LogP contribution in [0.1, 0.15) is 12.0 Å². The molecule has 5 N–H and O–H groups in total. The zero-order valence-corrected chi connectivity index (χ0v) is 19.7. The lowest BCUT2D eigenvalue weighted by Crippen LogP contribution is -2.47. The molecule has 11 nitrogen and oxygen atoms in total. The minimum absolute atomic E-state index is 0.199. The molecule has 2 aromatic carbocycles. The minimum atomic E-state index is -1.60. The third-order valence-electron chi connectivity index (χ3n) is 5.86. The summed E-state index contributed by atoms with van der Waals surface area (Å²) >= 11 is 5.68. The van der Waals surface area contributed by atoms with Crippen LogP contribution in [0.4, 0.5) is 28.9 Å². The van der Waals surface area contributed by atoms with E-state index in [-0.39, 0.29) is 23.7 Å². The number of amides is 4. The highest BCUT2D eigenvalue weighted by Gasteiger charge is 2.41. The van der Waals surface area contributed by atoms with Gasteiger partial charge >= 0.3 is 18.2 Å². The van der Waals surface area contributed by atoms with Crippen molar-refractivity contribution in [2.45, 2.75) is 25.1 Å². The Bertz CT molecular complexity index is 1410. The topological polar surface area (TPSA) is 156 Å². The van der Waals surface area contributed by atoms with Crippen LogP contribution >= 0.6 is 11.6 Å². The number of rotatable bonds is 5. The van der Waals surface area contributed by atoms with E-state index in [0.29, 0.717) is 10.9 Å². The maximum Gasteiger partial charge on any atom is 0.506 e. The molecule has 1 saturated heterocycles. The van der Waals surface area contributed by atoms with Crippen LogP contribution in [-0.2, 0) is 16.1 Å². The summed E-state index contributed by atoms with van der Waals surface area (Å²) in [5.41, 5.74) is 5.56. The molecule has 194 valence electrons.